The number of methoxy groups -OCH3 is 1. The molecule has 0 aliphatic heterocycles. The van der Waals surface area contributed by atoms with E-state index in [9.17, 15) is 4.79 Å². The number of rotatable bonds is 8. The first-order valence-corrected chi connectivity index (χ1v) is 11.1. The van der Waals surface area contributed by atoms with Crippen molar-refractivity contribution in [3.05, 3.63) is 103 Å². The van der Waals surface area contributed by atoms with E-state index in [0.717, 1.165) is 39.0 Å². The standard InChI is InChI=1S/C27H25N5O2/c1-34-14-13-31-17-22(15-30-31)19-7-9-21(10-8-19)25(27(28)33)26-24(20-5-3-2-4-6-20)12-11-23-16-29-18-32(23)26/h2-12,15-18,25H,13-14H2,1H3,(H2,28,33). The lowest BCUT2D eigenvalue weighted by atomic mass is 9.88. The van der Waals surface area contributed by atoms with Gasteiger partial charge in [-0.15, -0.1) is 0 Å². The zero-order valence-electron chi connectivity index (χ0n) is 18.8. The molecule has 3 heterocycles. The molecule has 0 bridgehead atoms. The van der Waals surface area contributed by atoms with Crippen molar-refractivity contribution < 1.29 is 9.53 Å². The van der Waals surface area contributed by atoms with Crippen molar-refractivity contribution in [2.45, 2.75) is 12.5 Å². The Morgan fingerprint density at radius 2 is 1.76 bits per heavy atom. The van der Waals surface area contributed by atoms with Crippen LogP contribution < -0.4 is 5.73 Å². The Morgan fingerprint density at radius 1 is 0.971 bits per heavy atom. The van der Waals surface area contributed by atoms with Crippen LogP contribution in [0.4, 0.5) is 0 Å². The van der Waals surface area contributed by atoms with E-state index < -0.39 is 11.8 Å². The Bertz CT molecular complexity index is 1420. The van der Waals surface area contributed by atoms with E-state index in [1.165, 1.54) is 0 Å². The van der Waals surface area contributed by atoms with Crippen LogP contribution in [0.2, 0.25) is 0 Å². The van der Waals surface area contributed by atoms with E-state index in [1.807, 2.05) is 88.2 Å². The molecular formula is C27H25N5O2. The molecule has 2 aromatic carbocycles. The monoisotopic (exact) mass is 451 g/mol. The predicted molar refractivity (Wildman–Crippen MR) is 131 cm³/mol. The summed E-state index contributed by atoms with van der Waals surface area (Å²) in [7, 11) is 1.67. The van der Waals surface area contributed by atoms with Gasteiger partial charge in [-0.1, -0.05) is 60.7 Å². The Morgan fingerprint density at radius 3 is 2.50 bits per heavy atom. The Balaban J connectivity index is 1.57. The minimum Gasteiger partial charge on any atom is -0.383 e. The summed E-state index contributed by atoms with van der Waals surface area (Å²) in [6.07, 6.45) is 7.33. The quantitative estimate of drug-likeness (QED) is 0.384. The first-order chi connectivity index (χ1) is 16.7. The molecule has 5 aromatic rings. The number of carbonyl (C=O) groups excluding carboxylic acids is 1. The number of fused-ring (bicyclic) bond motifs is 1. The Hall–Kier alpha value is -4.23. The van der Waals surface area contributed by atoms with Crippen molar-refractivity contribution in [3.8, 4) is 22.3 Å². The summed E-state index contributed by atoms with van der Waals surface area (Å²) < 4.78 is 8.92. The SMILES string of the molecule is COCCn1cc(-c2ccc(C(C(N)=O)c3c(-c4ccccc4)ccc4cncn34)cc2)cn1. The highest BCUT2D eigenvalue weighted by Crippen LogP contribution is 2.35. The first kappa shape index (κ1) is 21.6. The smallest absolute Gasteiger partial charge is 0.230 e. The third-order valence-corrected chi connectivity index (χ3v) is 6.00. The normalized spacial score (nSPS) is 12.1. The molecule has 0 spiro atoms. The summed E-state index contributed by atoms with van der Waals surface area (Å²) in [6.45, 7) is 1.29. The molecule has 0 aliphatic carbocycles. The van der Waals surface area contributed by atoms with Gasteiger partial charge in [-0.2, -0.15) is 5.10 Å². The number of carbonyl (C=O) groups is 1. The second-order valence-corrected chi connectivity index (χ2v) is 8.13. The molecule has 0 fully saturated rings. The van der Waals surface area contributed by atoms with Gasteiger partial charge in [0.25, 0.3) is 0 Å². The molecular weight excluding hydrogens is 426 g/mol. The average Bonchev–Trinajstić information content (AvgIpc) is 3.54. The minimum absolute atomic E-state index is 0.418. The van der Waals surface area contributed by atoms with Crippen molar-refractivity contribution in [1.29, 1.82) is 0 Å². The van der Waals surface area contributed by atoms with Crippen molar-refractivity contribution in [2.75, 3.05) is 13.7 Å². The van der Waals surface area contributed by atoms with E-state index in [4.69, 9.17) is 10.5 Å². The molecule has 0 radical (unpaired) electrons. The number of amides is 1. The predicted octanol–water partition coefficient (Wildman–Crippen LogP) is 4.13. The van der Waals surface area contributed by atoms with Crippen LogP contribution in [0.5, 0.6) is 0 Å². The molecule has 7 heteroatoms. The van der Waals surface area contributed by atoms with Crippen LogP contribution in [0.1, 0.15) is 17.2 Å². The second kappa shape index (κ2) is 9.33. The van der Waals surface area contributed by atoms with Gasteiger partial charge in [0.1, 0.15) is 5.92 Å². The molecule has 0 saturated carbocycles. The molecule has 2 N–H and O–H groups in total. The fourth-order valence-corrected chi connectivity index (χ4v) is 4.31. The molecule has 1 unspecified atom stereocenters. The van der Waals surface area contributed by atoms with Gasteiger partial charge < -0.3 is 14.9 Å². The molecule has 1 atom stereocenters. The van der Waals surface area contributed by atoms with Gasteiger partial charge in [0, 0.05) is 30.1 Å². The Labute approximate surface area is 197 Å². The van der Waals surface area contributed by atoms with Gasteiger partial charge in [0.05, 0.1) is 37.4 Å². The second-order valence-electron chi connectivity index (χ2n) is 8.13. The fourth-order valence-electron chi connectivity index (χ4n) is 4.31. The third-order valence-electron chi connectivity index (χ3n) is 6.00. The lowest BCUT2D eigenvalue weighted by Gasteiger charge is -2.21. The van der Waals surface area contributed by atoms with Gasteiger partial charge in [-0.05, 0) is 22.8 Å². The number of aromatic nitrogens is 4. The van der Waals surface area contributed by atoms with Crippen LogP contribution in [0.25, 0.3) is 27.8 Å². The highest BCUT2D eigenvalue weighted by atomic mass is 16.5. The summed E-state index contributed by atoms with van der Waals surface area (Å²) in [4.78, 5) is 17.2. The topological polar surface area (TPSA) is 87.4 Å². The maximum Gasteiger partial charge on any atom is 0.230 e. The number of ether oxygens (including phenoxy) is 1. The van der Waals surface area contributed by atoms with Gasteiger partial charge in [-0.3, -0.25) is 9.48 Å². The minimum atomic E-state index is -0.647. The number of primary amides is 1. The largest absolute Gasteiger partial charge is 0.383 e. The first-order valence-electron chi connectivity index (χ1n) is 11.1. The number of benzene rings is 2. The van der Waals surface area contributed by atoms with Gasteiger partial charge in [0.2, 0.25) is 5.91 Å². The van der Waals surface area contributed by atoms with Gasteiger partial charge in [-0.25, -0.2) is 4.98 Å². The van der Waals surface area contributed by atoms with Crippen molar-refractivity contribution in [3.63, 3.8) is 0 Å². The van der Waals surface area contributed by atoms with Crippen LogP contribution in [-0.2, 0) is 16.1 Å². The number of pyridine rings is 1. The summed E-state index contributed by atoms with van der Waals surface area (Å²) in [5.41, 5.74) is 12.5. The third kappa shape index (κ3) is 4.09. The van der Waals surface area contributed by atoms with Crippen LogP contribution in [-0.4, -0.2) is 38.8 Å². The van der Waals surface area contributed by atoms with Crippen LogP contribution in [0.15, 0.2) is 91.6 Å². The lowest BCUT2D eigenvalue weighted by Crippen LogP contribution is -2.25. The number of hydrogen-bond donors (Lipinski definition) is 1. The maximum absolute atomic E-state index is 12.9. The lowest BCUT2D eigenvalue weighted by molar-refractivity contribution is -0.118. The maximum atomic E-state index is 12.9. The number of imidazole rings is 1. The van der Waals surface area contributed by atoms with Gasteiger partial charge >= 0.3 is 0 Å². The van der Waals surface area contributed by atoms with Crippen LogP contribution >= 0.6 is 0 Å². The molecule has 170 valence electrons. The van der Waals surface area contributed by atoms with Crippen molar-refractivity contribution in [1.82, 2.24) is 19.2 Å². The molecule has 5 rings (SSSR count). The number of nitrogens with two attached hydrogens (primary N) is 1. The molecule has 1 amide bonds. The van der Waals surface area contributed by atoms with Crippen molar-refractivity contribution in [2.24, 2.45) is 5.73 Å². The van der Waals surface area contributed by atoms with E-state index in [-0.39, 0.29) is 0 Å². The fraction of sp³-hybridized carbons (Fsp3) is 0.148. The van der Waals surface area contributed by atoms with E-state index in [0.29, 0.717) is 13.2 Å². The highest BCUT2D eigenvalue weighted by molar-refractivity contribution is 5.88. The highest BCUT2D eigenvalue weighted by Gasteiger charge is 2.26. The van der Waals surface area contributed by atoms with Crippen molar-refractivity contribution >= 4 is 11.4 Å². The molecule has 3 aromatic heterocycles. The summed E-state index contributed by atoms with van der Waals surface area (Å²) >= 11 is 0. The summed E-state index contributed by atoms with van der Waals surface area (Å²) in [5, 5.41) is 4.39. The van der Waals surface area contributed by atoms with E-state index in [2.05, 4.69) is 10.1 Å². The zero-order valence-corrected chi connectivity index (χ0v) is 18.8. The van der Waals surface area contributed by atoms with Crippen LogP contribution in [0, 0.1) is 0 Å². The van der Waals surface area contributed by atoms with Gasteiger partial charge in [0.15, 0.2) is 0 Å². The number of hydrogen-bond acceptors (Lipinski definition) is 4. The van der Waals surface area contributed by atoms with Crippen LogP contribution in [0.3, 0.4) is 0 Å². The number of nitrogens with zero attached hydrogens (tertiary/aromatic N) is 4. The van der Waals surface area contributed by atoms with E-state index >= 15 is 0 Å². The zero-order chi connectivity index (χ0) is 23.5. The summed E-state index contributed by atoms with van der Waals surface area (Å²) in [5.74, 6) is -1.06. The Kier molecular flexibility index (Phi) is 5.93. The molecule has 7 nitrogen and oxygen atoms in total. The average molecular weight is 452 g/mol. The van der Waals surface area contributed by atoms with E-state index in [1.54, 1.807) is 19.6 Å². The summed E-state index contributed by atoms with van der Waals surface area (Å²) in [6, 6.07) is 22.0. The molecule has 0 saturated heterocycles. The molecule has 34 heavy (non-hydrogen) atoms. The molecule has 0 aliphatic rings.